The van der Waals surface area contributed by atoms with Crippen molar-refractivity contribution in [3.05, 3.63) is 17.5 Å². The monoisotopic (exact) mass is 296 g/mol. The second-order valence-corrected chi connectivity index (χ2v) is 5.02. The van der Waals surface area contributed by atoms with Crippen LogP contribution in [0, 0.1) is 6.92 Å². The lowest BCUT2D eigenvalue weighted by Crippen LogP contribution is -2.13. The lowest BCUT2D eigenvalue weighted by Gasteiger charge is -2.04. The van der Waals surface area contributed by atoms with E-state index in [4.69, 9.17) is 0 Å². The van der Waals surface area contributed by atoms with Crippen LogP contribution in [0.2, 0.25) is 0 Å². The smallest absolute Gasteiger partial charge is 0.327 e. The lowest BCUT2D eigenvalue weighted by molar-refractivity contribution is -0.141. The minimum atomic E-state index is -0.381. The van der Waals surface area contributed by atoms with Crippen LogP contribution in [-0.4, -0.2) is 43.1 Å². The third-order valence-corrected chi connectivity index (χ3v) is 3.63. The van der Waals surface area contributed by atoms with Gasteiger partial charge in [0, 0.05) is 18.0 Å². The van der Waals surface area contributed by atoms with Crippen LogP contribution in [0.3, 0.4) is 0 Å². The van der Waals surface area contributed by atoms with E-state index in [0.717, 1.165) is 17.9 Å². The summed E-state index contributed by atoms with van der Waals surface area (Å²) in [5.74, 6) is 0.310. The Labute approximate surface area is 120 Å². The van der Waals surface area contributed by atoms with E-state index in [2.05, 4.69) is 25.4 Å². The van der Waals surface area contributed by atoms with Crippen molar-refractivity contribution < 1.29 is 9.53 Å². The number of hydrogen-bond acceptors (Lipinski definition) is 7. The SMILES string of the molecule is CCn1nc(C)cc1CSc1nnnn1CC(=O)OC. The third-order valence-electron chi connectivity index (χ3n) is 2.64. The molecule has 2 aromatic heterocycles. The van der Waals surface area contributed by atoms with Gasteiger partial charge in [-0.2, -0.15) is 5.10 Å². The Morgan fingerprint density at radius 3 is 2.95 bits per heavy atom. The Morgan fingerprint density at radius 2 is 2.25 bits per heavy atom. The molecule has 0 spiro atoms. The van der Waals surface area contributed by atoms with Gasteiger partial charge in [-0.1, -0.05) is 11.8 Å². The van der Waals surface area contributed by atoms with Crippen LogP contribution in [0.25, 0.3) is 0 Å². The largest absolute Gasteiger partial charge is 0.468 e. The first-order valence-corrected chi connectivity index (χ1v) is 7.11. The number of esters is 1. The first kappa shape index (κ1) is 14.5. The average molecular weight is 296 g/mol. The van der Waals surface area contributed by atoms with Crippen molar-refractivity contribution in [2.45, 2.75) is 37.8 Å². The number of thioether (sulfide) groups is 1. The highest BCUT2D eigenvalue weighted by Gasteiger charge is 2.12. The van der Waals surface area contributed by atoms with Gasteiger partial charge < -0.3 is 4.74 Å². The number of methoxy groups -OCH3 is 1. The number of aromatic nitrogens is 6. The van der Waals surface area contributed by atoms with Crippen LogP contribution >= 0.6 is 11.8 Å². The summed E-state index contributed by atoms with van der Waals surface area (Å²) in [5, 5.41) is 16.2. The molecule has 2 rings (SSSR count). The maximum atomic E-state index is 11.2. The van der Waals surface area contributed by atoms with Crippen molar-refractivity contribution in [1.82, 2.24) is 30.0 Å². The second-order valence-electron chi connectivity index (χ2n) is 4.08. The Kier molecular flexibility index (Phi) is 4.72. The number of ether oxygens (including phenoxy) is 1. The minimum Gasteiger partial charge on any atom is -0.468 e. The Bertz CT molecular complexity index is 594. The van der Waals surface area contributed by atoms with Crippen molar-refractivity contribution >= 4 is 17.7 Å². The van der Waals surface area contributed by atoms with E-state index in [1.165, 1.54) is 23.6 Å². The van der Waals surface area contributed by atoms with Gasteiger partial charge in [-0.05, 0) is 30.3 Å². The fourth-order valence-electron chi connectivity index (χ4n) is 1.71. The van der Waals surface area contributed by atoms with Gasteiger partial charge in [0.1, 0.15) is 6.54 Å². The summed E-state index contributed by atoms with van der Waals surface area (Å²) >= 11 is 1.46. The molecule has 0 amide bonds. The summed E-state index contributed by atoms with van der Waals surface area (Å²) in [5.41, 5.74) is 2.08. The van der Waals surface area contributed by atoms with Crippen LogP contribution in [0.15, 0.2) is 11.2 Å². The fraction of sp³-hybridized carbons (Fsp3) is 0.545. The van der Waals surface area contributed by atoms with E-state index < -0.39 is 0 Å². The molecule has 0 unspecified atom stereocenters. The van der Waals surface area contributed by atoms with E-state index in [9.17, 15) is 4.79 Å². The van der Waals surface area contributed by atoms with Crippen LogP contribution < -0.4 is 0 Å². The highest BCUT2D eigenvalue weighted by molar-refractivity contribution is 7.98. The van der Waals surface area contributed by atoms with E-state index in [1.807, 2.05) is 24.6 Å². The standard InChI is InChI=1S/C11H16N6O2S/c1-4-16-9(5-8(2)13-16)7-20-11-12-14-15-17(11)6-10(18)19-3/h5H,4,6-7H2,1-3H3. The van der Waals surface area contributed by atoms with E-state index in [0.29, 0.717) is 10.9 Å². The Morgan fingerprint density at radius 1 is 1.45 bits per heavy atom. The first-order chi connectivity index (χ1) is 9.63. The lowest BCUT2D eigenvalue weighted by atomic mass is 10.4. The minimum absolute atomic E-state index is 0.0118. The van der Waals surface area contributed by atoms with Gasteiger partial charge in [-0.15, -0.1) is 5.10 Å². The van der Waals surface area contributed by atoms with Gasteiger partial charge in [0.2, 0.25) is 5.16 Å². The molecule has 0 saturated carbocycles. The quantitative estimate of drug-likeness (QED) is 0.571. The number of tetrazole rings is 1. The van der Waals surface area contributed by atoms with Crippen molar-refractivity contribution in [2.75, 3.05) is 7.11 Å². The number of carbonyl (C=O) groups is 1. The molecule has 0 aliphatic heterocycles. The molecule has 20 heavy (non-hydrogen) atoms. The molecule has 0 atom stereocenters. The maximum Gasteiger partial charge on any atom is 0.327 e. The number of rotatable bonds is 6. The Hall–Kier alpha value is -1.90. The van der Waals surface area contributed by atoms with Gasteiger partial charge >= 0.3 is 5.97 Å². The number of nitrogens with zero attached hydrogens (tertiary/aromatic N) is 6. The zero-order valence-corrected chi connectivity index (χ0v) is 12.4. The molecule has 0 aliphatic rings. The molecule has 0 aromatic carbocycles. The third kappa shape index (κ3) is 3.35. The number of carbonyl (C=O) groups excluding carboxylic acids is 1. The summed E-state index contributed by atoms with van der Waals surface area (Å²) in [4.78, 5) is 11.2. The predicted octanol–water partition coefficient (Wildman–Crippen LogP) is 0.663. The maximum absolute atomic E-state index is 11.2. The molecule has 108 valence electrons. The van der Waals surface area contributed by atoms with E-state index in [-0.39, 0.29) is 12.5 Å². The predicted molar refractivity (Wildman–Crippen MR) is 72.0 cm³/mol. The molecule has 0 N–H and O–H groups in total. The molecule has 0 aliphatic carbocycles. The summed E-state index contributed by atoms with van der Waals surface area (Å²) < 4.78 is 7.97. The molecule has 2 aromatic rings. The summed E-state index contributed by atoms with van der Waals surface area (Å²) in [6.45, 7) is 4.83. The number of aryl methyl sites for hydroxylation is 2. The van der Waals surface area contributed by atoms with Crippen molar-refractivity contribution in [2.24, 2.45) is 0 Å². The van der Waals surface area contributed by atoms with E-state index in [1.54, 1.807) is 0 Å². The molecule has 0 saturated heterocycles. The van der Waals surface area contributed by atoms with Gasteiger partial charge in [-0.3, -0.25) is 9.48 Å². The van der Waals surface area contributed by atoms with Crippen molar-refractivity contribution in [3.63, 3.8) is 0 Å². The summed E-state index contributed by atoms with van der Waals surface area (Å²) in [6.07, 6.45) is 0. The molecule has 9 heteroatoms. The second kappa shape index (κ2) is 6.51. The highest BCUT2D eigenvalue weighted by Crippen LogP contribution is 2.20. The topological polar surface area (TPSA) is 87.7 Å². The van der Waals surface area contributed by atoms with Gasteiger partial charge in [-0.25, -0.2) is 4.68 Å². The van der Waals surface area contributed by atoms with Gasteiger partial charge in [0.05, 0.1) is 12.8 Å². The average Bonchev–Trinajstić information content (AvgIpc) is 3.02. The van der Waals surface area contributed by atoms with Gasteiger partial charge in [0.25, 0.3) is 0 Å². The molecule has 2 heterocycles. The van der Waals surface area contributed by atoms with Crippen molar-refractivity contribution in [1.29, 1.82) is 0 Å². The zero-order valence-electron chi connectivity index (χ0n) is 11.6. The summed E-state index contributed by atoms with van der Waals surface area (Å²) in [7, 11) is 1.34. The number of hydrogen-bond donors (Lipinski definition) is 0. The van der Waals surface area contributed by atoms with Crippen LogP contribution in [-0.2, 0) is 28.4 Å². The first-order valence-electron chi connectivity index (χ1n) is 6.13. The fourth-order valence-corrected chi connectivity index (χ4v) is 2.57. The van der Waals surface area contributed by atoms with Crippen molar-refractivity contribution in [3.8, 4) is 0 Å². The van der Waals surface area contributed by atoms with E-state index >= 15 is 0 Å². The normalized spacial score (nSPS) is 10.8. The zero-order chi connectivity index (χ0) is 14.5. The molecular formula is C11H16N6O2S. The van der Waals surface area contributed by atoms with Crippen LogP contribution in [0.4, 0.5) is 0 Å². The Balaban J connectivity index is 2.04. The molecular weight excluding hydrogens is 280 g/mol. The summed E-state index contributed by atoms with van der Waals surface area (Å²) in [6, 6.07) is 2.03. The highest BCUT2D eigenvalue weighted by atomic mass is 32.2. The van der Waals surface area contributed by atoms with Crippen LogP contribution in [0.1, 0.15) is 18.3 Å². The molecule has 0 radical (unpaired) electrons. The molecule has 8 nitrogen and oxygen atoms in total. The van der Waals surface area contributed by atoms with Crippen LogP contribution in [0.5, 0.6) is 0 Å². The molecule has 0 fully saturated rings. The van der Waals surface area contributed by atoms with Gasteiger partial charge in [0.15, 0.2) is 0 Å². The molecule has 0 bridgehead atoms.